The van der Waals surface area contributed by atoms with Crippen LogP contribution in [0.25, 0.3) is 0 Å². The molecule has 2 saturated heterocycles. The van der Waals surface area contributed by atoms with Crippen LogP contribution in [-0.2, 0) is 4.79 Å². The second-order valence-electron chi connectivity index (χ2n) is 4.49. The van der Waals surface area contributed by atoms with E-state index in [1.807, 2.05) is 0 Å². The molecule has 6 heteroatoms. The van der Waals surface area contributed by atoms with E-state index in [4.69, 9.17) is 0 Å². The van der Waals surface area contributed by atoms with Gasteiger partial charge in [-0.05, 0) is 45.3 Å². The van der Waals surface area contributed by atoms with E-state index in [2.05, 4.69) is 15.5 Å². The largest absolute Gasteiger partial charge is 0.358 e. The third kappa shape index (κ3) is 3.98. The summed E-state index contributed by atoms with van der Waals surface area (Å²) in [7, 11) is 1.74. The van der Waals surface area contributed by atoms with E-state index in [9.17, 15) is 4.79 Å². The Morgan fingerprint density at radius 2 is 1.88 bits per heavy atom. The number of hydrogen-bond donors (Lipinski definition) is 2. The Morgan fingerprint density at radius 3 is 2.47 bits per heavy atom. The smallest absolute Gasteiger partial charge is 0.237 e. The highest BCUT2D eigenvalue weighted by Crippen LogP contribution is 2.24. The molecule has 2 N–H and O–H groups in total. The van der Waals surface area contributed by atoms with Crippen LogP contribution in [0.5, 0.6) is 0 Å². The molecule has 1 amide bonds. The number of rotatable bonds is 2. The highest BCUT2D eigenvalue weighted by atomic mass is 35.5. The first-order chi connectivity index (χ1) is 7.33. The van der Waals surface area contributed by atoms with Crippen LogP contribution in [0.1, 0.15) is 25.7 Å². The maximum absolute atomic E-state index is 11.7. The molecule has 0 saturated carbocycles. The molecule has 0 aromatic carbocycles. The molecule has 2 aliphatic heterocycles. The third-order valence-corrected chi connectivity index (χ3v) is 3.62. The van der Waals surface area contributed by atoms with E-state index >= 15 is 0 Å². The van der Waals surface area contributed by atoms with Crippen molar-refractivity contribution in [2.75, 3.05) is 26.7 Å². The maximum Gasteiger partial charge on any atom is 0.237 e. The van der Waals surface area contributed by atoms with Gasteiger partial charge >= 0.3 is 0 Å². The minimum atomic E-state index is 0. The second kappa shape index (κ2) is 8.14. The number of likely N-dealkylation sites (N-methyl/N-ethyl adjacent to an activating group) is 1. The molecule has 1 atom stereocenters. The van der Waals surface area contributed by atoms with Crippen molar-refractivity contribution in [2.24, 2.45) is 0 Å². The average Bonchev–Trinajstić information content (AvgIpc) is 2.78. The van der Waals surface area contributed by atoms with Crippen LogP contribution in [0.4, 0.5) is 0 Å². The van der Waals surface area contributed by atoms with Crippen molar-refractivity contribution < 1.29 is 4.79 Å². The van der Waals surface area contributed by atoms with E-state index < -0.39 is 0 Å². The van der Waals surface area contributed by atoms with Gasteiger partial charge in [0, 0.05) is 13.1 Å². The van der Waals surface area contributed by atoms with Crippen molar-refractivity contribution in [3.05, 3.63) is 0 Å². The van der Waals surface area contributed by atoms with Gasteiger partial charge in [-0.2, -0.15) is 0 Å². The normalized spacial score (nSPS) is 25.8. The Bertz CT molecular complexity index is 235. The molecular weight excluding hydrogens is 261 g/mol. The predicted molar refractivity (Wildman–Crippen MR) is 74.2 cm³/mol. The van der Waals surface area contributed by atoms with E-state index in [-0.39, 0.29) is 36.8 Å². The fourth-order valence-corrected chi connectivity index (χ4v) is 2.81. The van der Waals surface area contributed by atoms with Crippen LogP contribution in [0.2, 0.25) is 0 Å². The summed E-state index contributed by atoms with van der Waals surface area (Å²) < 4.78 is 0. The molecular formula is C11H23Cl2N3O. The van der Waals surface area contributed by atoms with Gasteiger partial charge in [0.2, 0.25) is 5.91 Å². The molecule has 2 heterocycles. The van der Waals surface area contributed by atoms with E-state index in [0.717, 1.165) is 26.1 Å². The van der Waals surface area contributed by atoms with Crippen LogP contribution in [0, 0.1) is 0 Å². The van der Waals surface area contributed by atoms with Crippen molar-refractivity contribution in [1.82, 2.24) is 15.5 Å². The number of carbonyl (C=O) groups is 1. The van der Waals surface area contributed by atoms with Gasteiger partial charge in [0.25, 0.3) is 0 Å². The summed E-state index contributed by atoms with van der Waals surface area (Å²) in [5.74, 6) is 0.200. The molecule has 2 rings (SSSR count). The number of likely N-dealkylation sites (tertiary alicyclic amines) is 1. The number of amides is 1. The molecule has 0 bridgehead atoms. The summed E-state index contributed by atoms with van der Waals surface area (Å²) >= 11 is 0. The fraction of sp³-hybridized carbons (Fsp3) is 0.909. The highest BCUT2D eigenvalue weighted by Gasteiger charge is 2.34. The average molecular weight is 284 g/mol. The maximum atomic E-state index is 11.7. The minimum Gasteiger partial charge on any atom is -0.358 e. The molecule has 2 fully saturated rings. The zero-order valence-corrected chi connectivity index (χ0v) is 11.9. The van der Waals surface area contributed by atoms with Crippen molar-refractivity contribution in [1.29, 1.82) is 0 Å². The minimum absolute atomic E-state index is 0. The lowest BCUT2D eigenvalue weighted by Crippen LogP contribution is -2.50. The van der Waals surface area contributed by atoms with Gasteiger partial charge in [-0.15, -0.1) is 24.8 Å². The highest BCUT2D eigenvalue weighted by molar-refractivity contribution is 5.85. The number of piperidine rings is 1. The molecule has 4 nitrogen and oxygen atoms in total. The standard InChI is InChI=1S/C11H21N3O.2ClH/c1-12-11(15)10-3-2-8-14(10)9-4-6-13-7-5-9;;/h9-10,13H,2-8H2,1H3,(H,12,15);2*1H. The molecule has 0 radical (unpaired) electrons. The third-order valence-electron chi connectivity index (χ3n) is 3.62. The molecule has 2 aliphatic rings. The van der Waals surface area contributed by atoms with Crippen LogP contribution in [-0.4, -0.2) is 49.6 Å². The number of nitrogens with zero attached hydrogens (tertiary/aromatic N) is 1. The second-order valence-corrected chi connectivity index (χ2v) is 4.49. The molecule has 102 valence electrons. The van der Waals surface area contributed by atoms with E-state index in [1.165, 1.54) is 19.3 Å². The first kappa shape index (κ1) is 17.0. The zero-order chi connectivity index (χ0) is 10.7. The lowest BCUT2D eigenvalue weighted by atomic mass is 10.0. The molecule has 0 aromatic heterocycles. The molecule has 0 spiro atoms. The summed E-state index contributed by atoms with van der Waals surface area (Å²) in [5.41, 5.74) is 0. The Kier molecular flexibility index (Phi) is 8.12. The van der Waals surface area contributed by atoms with E-state index in [1.54, 1.807) is 7.05 Å². The summed E-state index contributed by atoms with van der Waals surface area (Å²) in [4.78, 5) is 14.1. The number of halogens is 2. The van der Waals surface area contributed by atoms with Gasteiger partial charge < -0.3 is 10.6 Å². The zero-order valence-electron chi connectivity index (χ0n) is 10.3. The molecule has 1 unspecified atom stereocenters. The lowest BCUT2D eigenvalue weighted by Gasteiger charge is -2.34. The van der Waals surface area contributed by atoms with Crippen LogP contribution >= 0.6 is 24.8 Å². The van der Waals surface area contributed by atoms with Crippen LogP contribution in [0.15, 0.2) is 0 Å². The van der Waals surface area contributed by atoms with Crippen molar-refractivity contribution >= 4 is 30.7 Å². The van der Waals surface area contributed by atoms with Gasteiger partial charge in [0.05, 0.1) is 6.04 Å². The van der Waals surface area contributed by atoms with Crippen molar-refractivity contribution in [2.45, 2.75) is 37.8 Å². The lowest BCUT2D eigenvalue weighted by molar-refractivity contribution is -0.125. The Labute approximate surface area is 116 Å². The SMILES string of the molecule is CNC(=O)C1CCCN1C1CCNCC1.Cl.Cl. The summed E-state index contributed by atoms with van der Waals surface area (Å²) in [6, 6.07) is 0.758. The summed E-state index contributed by atoms with van der Waals surface area (Å²) in [6.45, 7) is 3.30. The molecule has 17 heavy (non-hydrogen) atoms. The number of nitrogens with one attached hydrogen (secondary N) is 2. The number of carbonyl (C=O) groups excluding carboxylic acids is 1. The molecule has 0 aromatic rings. The topological polar surface area (TPSA) is 44.4 Å². The summed E-state index contributed by atoms with van der Waals surface area (Å²) in [5, 5.41) is 6.15. The fourth-order valence-electron chi connectivity index (χ4n) is 2.81. The van der Waals surface area contributed by atoms with Crippen molar-refractivity contribution in [3.63, 3.8) is 0 Å². The first-order valence-electron chi connectivity index (χ1n) is 6.01. The Morgan fingerprint density at radius 1 is 1.24 bits per heavy atom. The Balaban J connectivity index is 0.00000128. The van der Waals surface area contributed by atoms with E-state index in [0.29, 0.717) is 6.04 Å². The van der Waals surface area contributed by atoms with Crippen LogP contribution < -0.4 is 10.6 Å². The van der Waals surface area contributed by atoms with Crippen molar-refractivity contribution in [3.8, 4) is 0 Å². The van der Waals surface area contributed by atoms with Gasteiger partial charge in [-0.3, -0.25) is 9.69 Å². The number of hydrogen-bond acceptors (Lipinski definition) is 3. The van der Waals surface area contributed by atoms with Gasteiger partial charge in [0.1, 0.15) is 0 Å². The monoisotopic (exact) mass is 283 g/mol. The Hall–Kier alpha value is -0.0300. The van der Waals surface area contributed by atoms with Crippen LogP contribution in [0.3, 0.4) is 0 Å². The quantitative estimate of drug-likeness (QED) is 0.788. The first-order valence-corrected chi connectivity index (χ1v) is 6.01. The molecule has 0 aliphatic carbocycles. The van der Waals surface area contributed by atoms with Gasteiger partial charge in [-0.1, -0.05) is 0 Å². The summed E-state index contributed by atoms with van der Waals surface area (Å²) in [6.07, 6.45) is 4.58. The van der Waals surface area contributed by atoms with Gasteiger partial charge in [0.15, 0.2) is 0 Å². The predicted octanol–water partition coefficient (Wildman–Crippen LogP) is 0.792. The van der Waals surface area contributed by atoms with Gasteiger partial charge in [-0.25, -0.2) is 0 Å².